The van der Waals surface area contributed by atoms with Gasteiger partial charge in [-0.1, -0.05) is 0 Å². The second-order valence-electron chi connectivity index (χ2n) is 4.43. The molecule has 6 nitrogen and oxygen atoms in total. The number of imidazole rings is 1. The number of aromatic nitrogens is 2. The normalized spacial score (nSPS) is 18.4. The third-order valence-electron chi connectivity index (χ3n) is 3.08. The average molecular weight is 237 g/mol. The number of nitrogens with two attached hydrogens (primary N) is 1. The van der Waals surface area contributed by atoms with Crippen LogP contribution in [0, 0.1) is 0 Å². The number of piperidine rings is 1. The molecule has 1 aliphatic rings. The first kappa shape index (κ1) is 12.1. The summed E-state index contributed by atoms with van der Waals surface area (Å²) >= 11 is 0. The fraction of sp³-hybridized carbons (Fsp3) is 0.636. The Morgan fingerprint density at radius 2 is 2.35 bits per heavy atom. The van der Waals surface area contributed by atoms with Crippen LogP contribution in [0.25, 0.3) is 0 Å². The first-order valence-electron chi connectivity index (χ1n) is 5.96. The maximum absolute atomic E-state index is 10.8. The van der Waals surface area contributed by atoms with E-state index in [4.69, 9.17) is 5.73 Å². The lowest BCUT2D eigenvalue weighted by Crippen LogP contribution is -2.45. The molecule has 94 valence electrons. The summed E-state index contributed by atoms with van der Waals surface area (Å²) in [6.45, 7) is 3.01. The van der Waals surface area contributed by atoms with Crippen molar-refractivity contribution in [1.29, 1.82) is 0 Å². The van der Waals surface area contributed by atoms with E-state index in [1.165, 1.54) is 0 Å². The molecular formula is C11H19N5O. The second kappa shape index (κ2) is 5.79. The van der Waals surface area contributed by atoms with E-state index in [2.05, 4.69) is 20.2 Å². The van der Waals surface area contributed by atoms with Crippen LogP contribution in [-0.4, -0.2) is 46.5 Å². The Balaban J connectivity index is 1.67. The number of hydrogen-bond donors (Lipinski definition) is 3. The minimum absolute atomic E-state index is 0.244. The van der Waals surface area contributed by atoms with Crippen molar-refractivity contribution in [2.24, 2.45) is 5.73 Å². The molecule has 0 spiro atoms. The zero-order valence-corrected chi connectivity index (χ0v) is 9.85. The lowest BCUT2D eigenvalue weighted by Gasteiger charge is -2.31. The van der Waals surface area contributed by atoms with E-state index < -0.39 is 0 Å². The van der Waals surface area contributed by atoms with Gasteiger partial charge in [-0.25, -0.2) is 4.98 Å². The first-order valence-corrected chi connectivity index (χ1v) is 5.96. The van der Waals surface area contributed by atoms with Crippen LogP contribution in [0.15, 0.2) is 12.4 Å². The molecule has 1 amide bonds. The minimum Gasteiger partial charge on any atom is -0.369 e. The first-order chi connectivity index (χ1) is 8.24. The summed E-state index contributed by atoms with van der Waals surface area (Å²) in [5.74, 6) is 0.719. The average Bonchev–Trinajstić information content (AvgIpc) is 2.80. The van der Waals surface area contributed by atoms with Gasteiger partial charge in [0.2, 0.25) is 5.91 Å². The Hall–Kier alpha value is -1.40. The Bertz CT molecular complexity index is 343. The van der Waals surface area contributed by atoms with Crippen LogP contribution in [0.4, 0.5) is 0 Å². The highest BCUT2D eigenvalue weighted by Gasteiger charge is 2.19. The van der Waals surface area contributed by atoms with Crippen LogP contribution in [0.5, 0.6) is 0 Å². The summed E-state index contributed by atoms with van der Waals surface area (Å²) in [5.41, 5.74) is 5.17. The molecule has 2 rings (SSSR count). The molecule has 0 bridgehead atoms. The summed E-state index contributed by atoms with van der Waals surface area (Å²) in [5, 5.41) is 3.46. The number of amides is 1. The number of nitrogens with one attached hydrogen (secondary N) is 2. The van der Waals surface area contributed by atoms with Crippen LogP contribution >= 0.6 is 0 Å². The molecule has 0 saturated carbocycles. The molecule has 0 unspecified atom stereocenters. The van der Waals surface area contributed by atoms with Crippen LogP contribution in [-0.2, 0) is 11.3 Å². The van der Waals surface area contributed by atoms with Crippen molar-refractivity contribution >= 4 is 5.91 Å². The van der Waals surface area contributed by atoms with Crippen LogP contribution < -0.4 is 11.1 Å². The zero-order valence-electron chi connectivity index (χ0n) is 9.85. The molecule has 0 aliphatic carbocycles. The van der Waals surface area contributed by atoms with Crippen LogP contribution in [0.2, 0.25) is 0 Å². The maximum atomic E-state index is 10.8. The standard InChI is InChI=1S/C11H19N5O/c12-10(17)8-16-5-1-9(2-6-16)15-7-11-13-3-4-14-11/h3-4,9,15H,1-2,5-8H2,(H2,12,17)(H,13,14). The van der Waals surface area contributed by atoms with Crippen molar-refractivity contribution in [1.82, 2.24) is 20.2 Å². The molecule has 17 heavy (non-hydrogen) atoms. The molecule has 0 aromatic carbocycles. The van der Waals surface area contributed by atoms with Gasteiger partial charge in [-0.2, -0.15) is 0 Å². The Labute approximate surface area is 101 Å². The van der Waals surface area contributed by atoms with E-state index in [0.29, 0.717) is 12.6 Å². The molecule has 1 aromatic heterocycles. The lowest BCUT2D eigenvalue weighted by atomic mass is 10.1. The van der Waals surface area contributed by atoms with E-state index >= 15 is 0 Å². The summed E-state index contributed by atoms with van der Waals surface area (Å²) < 4.78 is 0. The maximum Gasteiger partial charge on any atom is 0.231 e. The second-order valence-corrected chi connectivity index (χ2v) is 4.43. The molecule has 0 radical (unpaired) electrons. The molecule has 1 saturated heterocycles. The molecular weight excluding hydrogens is 218 g/mol. The van der Waals surface area contributed by atoms with Gasteiger partial charge < -0.3 is 16.0 Å². The van der Waals surface area contributed by atoms with Gasteiger partial charge in [0.1, 0.15) is 5.82 Å². The largest absolute Gasteiger partial charge is 0.369 e. The van der Waals surface area contributed by atoms with Gasteiger partial charge in [-0.3, -0.25) is 9.69 Å². The third-order valence-corrected chi connectivity index (χ3v) is 3.08. The molecule has 4 N–H and O–H groups in total. The van der Waals surface area contributed by atoms with Gasteiger partial charge in [0.05, 0.1) is 13.1 Å². The zero-order chi connectivity index (χ0) is 12.1. The molecule has 6 heteroatoms. The van der Waals surface area contributed by atoms with Crippen LogP contribution in [0.1, 0.15) is 18.7 Å². The van der Waals surface area contributed by atoms with Gasteiger partial charge in [-0.15, -0.1) is 0 Å². The van der Waals surface area contributed by atoms with Gasteiger partial charge >= 0.3 is 0 Å². The number of aromatic amines is 1. The van der Waals surface area contributed by atoms with Crippen molar-refractivity contribution in [2.45, 2.75) is 25.4 Å². The number of primary amides is 1. The van der Waals surface area contributed by atoms with Gasteiger partial charge in [0.25, 0.3) is 0 Å². The number of likely N-dealkylation sites (tertiary alicyclic amines) is 1. The SMILES string of the molecule is NC(=O)CN1CCC(NCc2ncc[nH]2)CC1. The minimum atomic E-state index is -0.244. The highest BCUT2D eigenvalue weighted by atomic mass is 16.1. The fourth-order valence-electron chi connectivity index (χ4n) is 2.15. The van der Waals surface area contributed by atoms with E-state index in [0.717, 1.165) is 38.3 Å². The fourth-order valence-corrected chi connectivity index (χ4v) is 2.15. The highest BCUT2D eigenvalue weighted by molar-refractivity contribution is 5.75. The molecule has 1 aliphatic heterocycles. The molecule has 0 atom stereocenters. The van der Waals surface area contributed by atoms with E-state index in [9.17, 15) is 4.79 Å². The van der Waals surface area contributed by atoms with E-state index in [1.807, 2.05) is 6.20 Å². The van der Waals surface area contributed by atoms with E-state index in [1.54, 1.807) is 6.20 Å². The monoisotopic (exact) mass is 237 g/mol. The Kier molecular flexibility index (Phi) is 4.11. The molecule has 1 fully saturated rings. The van der Waals surface area contributed by atoms with Crippen molar-refractivity contribution < 1.29 is 4.79 Å². The topological polar surface area (TPSA) is 87.0 Å². The van der Waals surface area contributed by atoms with Crippen molar-refractivity contribution in [3.8, 4) is 0 Å². The van der Waals surface area contributed by atoms with Crippen LogP contribution in [0.3, 0.4) is 0 Å². The predicted octanol–water partition coefficient (Wildman–Crippen LogP) is -0.551. The summed E-state index contributed by atoms with van der Waals surface area (Å²) in [4.78, 5) is 20.1. The lowest BCUT2D eigenvalue weighted by molar-refractivity contribution is -0.119. The Morgan fingerprint density at radius 3 is 2.94 bits per heavy atom. The van der Waals surface area contributed by atoms with Crippen molar-refractivity contribution in [3.63, 3.8) is 0 Å². The number of carbonyl (C=O) groups excluding carboxylic acids is 1. The predicted molar refractivity (Wildman–Crippen MR) is 64.1 cm³/mol. The van der Waals surface area contributed by atoms with Gasteiger partial charge in [-0.05, 0) is 12.8 Å². The number of H-pyrrole nitrogens is 1. The molecule has 2 heterocycles. The number of nitrogens with zero attached hydrogens (tertiary/aromatic N) is 2. The number of rotatable bonds is 5. The summed E-state index contributed by atoms with van der Waals surface area (Å²) in [7, 11) is 0. The highest BCUT2D eigenvalue weighted by Crippen LogP contribution is 2.10. The van der Waals surface area contributed by atoms with E-state index in [-0.39, 0.29) is 5.91 Å². The summed E-state index contributed by atoms with van der Waals surface area (Å²) in [6.07, 6.45) is 5.68. The quantitative estimate of drug-likeness (QED) is 0.641. The number of carbonyl (C=O) groups is 1. The third kappa shape index (κ3) is 3.83. The van der Waals surface area contributed by atoms with Gasteiger partial charge in [0, 0.05) is 31.5 Å². The van der Waals surface area contributed by atoms with Crippen molar-refractivity contribution in [3.05, 3.63) is 18.2 Å². The Morgan fingerprint density at radius 1 is 1.59 bits per heavy atom. The van der Waals surface area contributed by atoms with Gasteiger partial charge in [0.15, 0.2) is 0 Å². The number of hydrogen-bond acceptors (Lipinski definition) is 4. The molecule has 1 aromatic rings. The smallest absolute Gasteiger partial charge is 0.231 e. The van der Waals surface area contributed by atoms with Crippen molar-refractivity contribution in [2.75, 3.05) is 19.6 Å². The summed E-state index contributed by atoms with van der Waals surface area (Å²) in [6, 6.07) is 0.504.